The van der Waals surface area contributed by atoms with Gasteiger partial charge in [-0.05, 0) is 30.3 Å². The Morgan fingerprint density at radius 2 is 1.79 bits per heavy atom. The Morgan fingerprint density at radius 3 is 2.37 bits per heavy atom. The molecule has 0 atom stereocenters. The van der Waals surface area contributed by atoms with Gasteiger partial charge in [0.15, 0.2) is 5.75 Å². The molecule has 2 rings (SSSR count). The summed E-state index contributed by atoms with van der Waals surface area (Å²) in [5, 5.41) is 12.3. The zero-order valence-electron chi connectivity index (χ0n) is 9.45. The first kappa shape index (κ1) is 14.2. The average Bonchev–Trinajstić information content (AvgIpc) is 2.36. The molecule has 0 saturated carbocycles. The van der Waals surface area contributed by atoms with Crippen LogP contribution in [0.15, 0.2) is 40.9 Å². The van der Waals surface area contributed by atoms with Gasteiger partial charge in [-0.3, -0.25) is 4.79 Å². The molecule has 0 unspecified atom stereocenters. The third-order valence-electron chi connectivity index (χ3n) is 2.36. The number of rotatable bonds is 2. The third-order valence-corrected chi connectivity index (χ3v) is 3.43. The van der Waals surface area contributed by atoms with E-state index in [1.54, 1.807) is 18.2 Å². The van der Waals surface area contributed by atoms with Crippen molar-refractivity contribution in [1.29, 1.82) is 0 Å². The number of halogens is 3. The molecule has 19 heavy (non-hydrogen) atoms. The second-order valence-corrected chi connectivity index (χ2v) is 5.48. The Morgan fingerprint density at radius 1 is 1.16 bits per heavy atom. The van der Waals surface area contributed by atoms with Gasteiger partial charge in [-0.15, -0.1) is 0 Å². The van der Waals surface area contributed by atoms with E-state index in [4.69, 9.17) is 23.2 Å². The number of amides is 1. The summed E-state index contributed by atoms with van der Waals surface area (Å²) in [5.41, 5.74) is 0.910. The third kappa shape index (κ3) is 3.41. The number of carbonyl (C=O) groups is 1. The molecule has 2 aromatic rings. The van der Waals surface area contributed by atoms with Crippen LogP contribution in [0.25, 0.3) is 0 Å². The summed E-state index contributed by atoms with van der Waals surface area (Å²) in [6.07, 6.45) is 0. The van der Waals surface area contributed by atoms with Crippen molar-refractivity contribution in [3.63, 3.8) is 0 Å². The molecular weight excluding hydrogens is 353 g/mol. The number of nitrogens with one attached hydrogen (secondary N) is 1. The summed E-state index contributed by atoms with van der Waals surface area (Å²) in [6.45, 7) is 0. The van der Waals surface area contributed by atoms with E-state index in [-0.39, 0.29) is 21.7 Å². The minimum atomic E-state index is -0.292. The number of phenols is 1. The van der Waals surface area contributed by atoms with E-state index < -0.39 is 0 Å². The number of phenolic OH excluding ortho intramolecular Hbond substituents is 1. The standard InChI is InChI=1S/C13H8BrCl2NO2/c14-8-3-1-2-7(4-8)13(19)17-9-5-10(15)12(18)11(16)6-9/h1-6,18H,(H,17,19). The molecule has 0 bridgehead atoms. The topological polar surface area (TPSA) is 49.3 Å². The molecule has 3 nitrogen and oxygen atoms in total. The van der Waals surface area contributed by atoms with Gasteiger partial charge in [-0.1, -0.05) is 45.2 Å². The van der Waals surface area contributed by atoms with Crippen LogP contribution in [0, 0.1) is 0 Å². The van der Waals surface area contributed by atoms with Crippen molar-refractivity contribution >= 4 is 50.7 Å². The average molecular weight is 361 g/mol. The Bertz CT molecular complexity index is 623. The molecular formula is C13H8BrCl2NO2. The van der Waals surface area contributed by atoms with Crippen LogP contribution >= 0.6 is 39.1 Å². The highest BCUT2D eigenvalue weighted by atomic mass is 79.9. The minimum Gasteiger partial charge on any atom is -0.505 e. The fourth-order valence-corrected chi connectivity index (χ4v) is 2.36. The summed E-state index contributed by atoms with van der Waals surface area (Å²) in [7, 11) is 0. The second kappa shape index (κ2) is 5.82. The van der Waals surface area contributed by atoms with Crippen molar-refractivity contribution in [2.75, 3.05) is 5.32 Å². The second-order valence-electron chi connectivity index (χ2n) is 3.75. The molecule has 2 N–H and O–H groups in total. The molecule has 98 valence electrons. The lowest BCUT2D eigenvalue weighted by atomic mass is 10.2. The van der Waals surface area contributed by atoms with Crippen LogP contribution in [0.5, 0.6) is 5.75 Å². The molecule has 0 saturated heterocycles. The van der Waals surface area contributed by atoms with Crippen LogP contribution in [0.2, 0.25) is 10.0 Å². The van der Waals surface area contributed by atoms with Crippen LogP contribution in [0.3, 0.4) is 0 Å². The Hall–Kier alpha value is -1.23. The Labute approximate surface area is 128 Å². The van der Waals surface area contributed by atoms with Gasteiger partial charge in [0.2, 0.25) is 0 Å². The van der Waals surface area contributed by atoms with Crippen molar-refractivity contribution < 1.29 is 9.90 Å². The van der Waals surface area contributed by atoms with Gasteiger partial charge in [-0.2, -0.15) is 0 Å². The van der Waals surface area contributed by atoms with Gasteiger partial charge in [0.05, 0.1) is 10.0 Å². The summed E-state index contributed by atoms with van der Waals surface area (Å²) in [6, 6.07) is 9.82. The fourth-order valence-electron chi connectivity index (χ4n) is 1.47. The maximum Gasteiger partial charge on any atom is 0.255 e. The molecule has 2 aromatic carbocycles. The number of carbonyl (C=O) groups excluding carboxylic acids is 1. The summed E-state index contributed by atoms with van der Waals surface area (Å²) < 4.78 is 0.807. The predicted octanol–water partition coefficient (Wildman–Crippen LogP) is 4.71. The number of anilines is 1. The lowest BCUT2D eigenvalue weighted by Crippen LogP contribution is -2.11. The van der Waals surface area contributed by atoms with Gasteiger partial charge in [0.25, 0.3) is 5.91 Å². The van der Waals surface area contributed by atoms with Crippen LogP contribution in [-0.2, 0) is 0 Å². The van der Waals surface area contributed by atoms with E-state index in [0.717, 1.165) is 4.47 Å². The van der Waals surface area contributed by atoms with Crippen LogP contribution in [0.1, 0.15) is 10.4 Å². The van der Waals surface area contributed by atoms with Crippen molar-refractivity contribution in [3.05, 3.63) is 56.5 Å². The molecule has 0 radical (unpaired) electrons. The monoisotopic (exact) mass is 359 g/mol. The number of hydrogen-bond acceptors (Lipinski definition) is 2. The Kier molecular flexibility index (Phi) is 4.34. The van der Waals surface area contributed by atoms with Crippen LogP contribution < -0.4 is 5.32 Å². The molecule has 1 amide bonds. The van der Waals surface area contributed by atoms with Gasteiger partial charge >= 0.3 is 0 Å². The predicted molar refractivity (Wildman–Crippen MR) is 80.2 cm³/mol. The normalized spacial score (nSPS) is 10.3. The maximum atomic E-state index is 12.0. The van der Waals surface area contributed by atoms with Gasteiger partial charge < -0.3 is 10.4 Å². The highest BCUT2D eigenvalue weighted by Crippen LogP contribution is 2.34. The van der Waals surface area contributed by atoms with E-state index in [2.05, 4.69) is 21.2 Å². The SMILES string of the molecule is O=C(Nc1cc(Cl)c(O)c(Cl)c1)c1cccc(Br)c1. The fraction of sp³-hybridized carbons (Fsp3) is 0. The summed E-state index contributed by atoms with van der Waals surface area (Å²) in [4.78, 5) is 12.0. The first-order valence-electron chi connectivity index (χ1n) is 5.22. The quantitative estimate of drug-likeness (QED) is 0.761. The van der Waals surface area contributed by atoms with Crippen molar-refractivity contribution in [3.8, 4) is 5.75 Å². The lowest BCUT2D eigenvalue weighted by Gasteiger charge is -2.08. The molecule has 0 aliphatic heterocycles. The minimum absolute atomic E-state index is 0.0806. The molecule has 0 fully saturated rings. The highest BCUT2D eigenvalue weighted by Gasteiger charge is 2.10. The number of hydrogen-bond donors (Lipinski definition) is 2. The summed E-state index contributed by atoms with van der Waals surface area (Å²) >= 11 is 14.9. The zero-order valence-corrected chi connectivity index (χ0v) is 12.6. The molecule has 6 heteroatoms. The van der Waals surface area contributed by atoms with Crippen molar-refractivity contribution in [2.45, 2.75) is 0 Å². The van der Waals surface area contributed by atoms with E-state index in [1.165, 1.54) is 12.1 Å². The number of aromatic hydroxyl groups is 1. The smallest absolute Gasteiger partial charge is 0.255 e. The van der Waals surface area contributed by atoms with E-state index >= 15 is 0 Å². The van der Waals surface area contributed by atoms with Gasteiger partial charge in [-0.25, -0.2) is 0 Å². The van der Waals surface area contributed by atoms with Crippen LogP contribution in [-0.4, -0.2) is 11.0 Å². The van der Waals surface area contributed by atoms with Gasteiger partial charge in [0.1, 0.15) is 0 Å². The van der Waals surface area contributed by atoms with Gasteiger partial charge in [0, 0.05) is 15.7 Å². The maximum absolute atomic E-state index is 12.0. The van der Waals surface area contributed by atoms with Crippen molar-refractivity contribution in [1.82, 2.24) is 0 Å². The first-order chi connectivity index (χ1) is 8.97. The van der Waals surface area contributed by atoms with Crippen LogP contribution in [0.4, 0.5) is 5.69 Å². The lowest BCUT2D eigenvalue weighted by molar-refractivity contribution is 0.102. The van der Waals surface area contributed by atoms with Crippen molar-refractivity contribution in [2.24, 2.45) is 0 Å². The molecule has 0 aromatic heterocycles. The Balaban J connectivity index is 2.24. The van der Waals surface area contributed by atoms with E-state index in [0.29, 0.717) is 11.3 Å². The molecule has 0 aliphatic carbocycles. The summed E-state index contributed by atoms with van der Waals surface area (Å²) in [5.74, 6) is -0.497. The zero-order chi connectivity index (χ0) is 14.0. The molecule has 0 aliphatic rings. The largest absolute Gasteiger partial charge is 0.505 e. The molecule has 0 heterocycles. The first-order valence-corrected chi connectivity index (χ1v) is 6.77. The van der Waals surface area contributed by atoms with E-state index in [9.17, 15) is 9.90 Å². The molecule has 0 spiro atoms. The highest BCUT2D eigenvalue weighted by molar-refractivity contribution is 9.10. The van der Waals surface area contributed by atoms with E-state index in [1.807, 2.05) is 6.07 Å². The number of benzene rings is 2.